The molecular formula is C19H21Cl2NO5. The van der Waals surface area contributed by atoms with Gasteiger partial charge in [-0.2, -0.15) is 0 Å². The van der Waals surface area contributed by atoms with Crippen molar-refractivity contribution in [1.82, 2.24) is 0 Å². The Bertz CT molecular complexity index is 826. The third-order valence-corrected chi connectivity index (χ3v) is 4.24. The number of carbonyl (C=O) groups excluding carboxylic acids is 1. The minimum Gasteiger partial charge on any atom is -0.495 e. The van der Waals surface area contributed by atoms with Crippen LogP contribution in [0.1, 0.15) is 23.7 Å². The van der Waals surface area contributed by atoms with Gasteiger partial charge in [0, 0.05) is 11.6 Å². The van der Waals surface area contributed by atoms with Crippen LogP contribution in [0.3, 0.4) is 0 Å². The van der Waals surface area contributed by atoms with Crippen LogP contribution in [0.25, 0.3) is 0 Å². The van der Waals surface area contributed by atoms with Gasteiger partial charge in [0.1, 0.15) is 11.5 Å². The third-order valence-electron chi connectivity index (χ3n) is 3.66. The van der Waals surface area contributed by atoms with Crippen molar-refractivity contribution in [3.05, 3.63) is 39.9 Å². The van der Waals surface area contributed by atoms with E-state index >= 15 is 0 Å². The first kappa shape index (κ1) is 21.0. The van der Waals surface area contributed by atoms with Crippen LogP contribution in [0.15, 0.2) is 24.3 Å². The Morgan fingerprint density at radius 1 is 0.926 bits per heavy atom. The van der Waals surface area contributed by atoms with Crippen LogP contribution < -0.4 is 24.3 Å². The molecule has 0 aliphatic heterocycles. The van der Waals surface area contributed by atoms with Gasteiger partial charge in [0.05, 0.1) is 43.7 Å². The molecule has 2 rings (SSSR count). The summed E-state index contributed by atoms with van der Waals surface area (Å²) in [6, 6.07) is 6.22. The molecule has 6 nitrogen and oxygen atoms in total. The maximum absolute atomic E-state index is 12.7. The third kappa shape index (κ3) is 4.90. The quantitative estimate of drug-likeness (QED) is 0.654. The van der Waals surface area contributed by atoms with Crippen LogP contribution in [-0.2, 0) is 0 Å². The highest BCUT2D eigenvalue weighted by Crippen LogP contribution is 2.38. The Kier molecular flexibility index (Phi) is 7.45. The predicted molar refractivity (Wildman–Crippen MR) is 106 cm³/mol. The zero-order valence-electron chi connectivity index (χ0n) is 15.5. The van der Waals surface area contributed by atoms with Crippen LogP contribution in [0.4, 0.5) is 5.69 Å². The predicted octanol–water partition coefficient (Wildman–Crippen LogP) is 5.06. The van der Waals surface area contributed by atoms with Gasteiger partial charge in [-0.25, -0.2) is 0 Å². The first-order valence-electron chi connectivity index (χ1n) is 8.18. The second-order valence-electron chi connectivity index (χ2n) is 5.48. The highest BCUT2D eigenvalue weighted by molar-refractivity contribution is 6.33. The molecule has 146 valence electrons. The molecule has 0 saturated heterocycles. The number of ether oxygens (including phenoxy) is 4. The number of carbonyl (C=O) groups is 1. The Hall–Kier alpha value is -2.31. The number of hydrogen-bond acceptors (Lipinski definition) is 5. The first-order valence-corrected chi connectivity index (χ1v) is 8.93. The molecule has 0 aromatic heterocycles. The van der Waals surface area contributed by atoms with Crippen molar-refractivity contribution in [2.75, 3.05) is 33.3 Å². The molecule has 0 aliphatic rings. The van der Waals surface area contributed by atoms with Crippen LogP contribution in [0.2, 0.25) is 10.0 Å². The number of anilines is 1. The summed E-state index contributed by atoms with van der Waals surface area (Å²) in [5.74, 6) is 1.22. The summed E-state index contributed by atoms with van der Waals surface area (Å²) in [4.78, 5) is 12.7. The molecule has 0 saturated carbocycles. The highest BCUT2D eigenvalue weighted by atomic mass is 35.5. The fourth-order valence-electron chi connectivity index (χ4n) is 2.35. The number of hydrogen-bond donors (Lipinski definition) is 1. The van der Waals surface area contributed by atoms with Crippen molar-refractivity contribution in [2.24, 2.45) is 0 Å². The maximum atomic E-state index is 12.7. The van der Waals surface area contributed by atoms with E-state index < -0.39 is 5.91 Å². The second-order valence-corrected chi connectivity index (χ2v) is 6.29. The summed E-state index contributed by atoms with van der Waals surface area (Å²) < 4.78 is 21.3. The molecule has 0 unspecified atom stereocenters. The van der Waals surface area contributed by atoms with Gasteiger partial charge in [0.25, 0.3) is 5.91 Å². The van der Waals surface area contributed by atoms with Crippen molar-refractivity contribution in [1.29, 1.82) is 0 Å². The molecule has 2 aromatic rings. The average molecular weight is 414 g/mol. The lowest BCUT2D eigenvalue weighted by Crippen LogP contribution is -2.13. The number of methoxy groups -OCH3 is 3. The molecule has 27 heavy (non-hydrogen) atoms. The lowest BCUT2D eigenvalue weighted by atomic mass is 10.1. The molecule has 8 heteroatoms. The normalized spacial score (nSPS) is 10.3. The largest absolute Gasteiger partial charge is 0.495 e. The lowest BCUT2D eigenvalue weighted by molar-refractivity contribution is 0.102. The molecule has 1 N–H and O–H groups in total. The molecule has 0 aliphatic carbocycles. The minimum atomic E-state index is -0.406. The number of amides is 1. The smallest absolute Gasteiger partial charge is 0.255 e. The van der Waals surface area contributed by atoms with Gasteiger partial charge in [-0.3, -0.25) is 4.79 Å². The second kappa shape index (κ2) is 9.58. The van der Waals surface area contributed by atoms with Gasteiger partial charge in [-0.1, -0.05) is 30.1 Å². The first-order chi connectivity index (χ1) is 12.9. The molecule has 0 spiro atoms. The molecule has 0 fully saturated rings. The summed E-state index contributed by atoms with van der Waals surface area (Å²) in [6.45, 7) is 2.47. The van der Waals surface area contributed by atoms with E-state index in [4.69, 9.17) is 42.1 Å². The van der Waals surface area contributed by atoms with Gasteiger partial charge in [-0.05, 0) is 24.6 Å². The Morgan fingerprint density at radius 2 is 1.59 bits per heavy atom. The van der Waals surface area contributed by atoms with Crippen LogP contribution in [0, 0.1) is 0 Å². The van der Waals surface area contributed by atoms with E-state index in [1.54, 1.807) is 18.2 Å². The van der Waals surface area contributed by atoms with Crippen molar-refractivity contribution in [3.8, 4) is 23.0 Å². The summed E-state index contributed by atoms with van der Waals surface area (Å²) in [5.41, 5.74) is 0.699. The van der Waals surface area contributed by atoms with E-state index in [9.17, 15) is 4.79 Å². The minimum absolute atomic E-state index is 0.285. The zero-order chi connectivity index (χ0) is 20.0. The van der Waals surface area contributed by atoms with Gasteiger partial charge >= 0.3 is 0 Å². The number of benzene rings is 2. The van der Waals surface area contributed by atoms with Gasteiger partial charge in [0.2, 0.25) is 0 Å². The van der Waals surface area contributed by atoms with Crippen LogP contribution >= 0.6 is 23.2 Å². The fraction of sp³-hybridized carbons (Fsp3) is 0.316. The van der Waals surface area contributed by atoms with E-state index in [0.29, 0.717) is 45.9 Å². The molecule has 0 atom stereocenters. The topological polar surface area (TPSA) is 66.0 Å². The molecule has 2 aromatic carbocycles. The number of rotatable bonds is 8. The number of nitrogens with one attached hydrogen (secondary N) is 1. The van der Waals surface area contributed by atoms with Gasteiger partial charge in [0.15, 0.2) is 11.5 Å². The summed E-state index contributed by atoms with van der Waals surface area (Å²) in [5, 5.41) is 3.38. The molecule has 0 radical (unpaired) electrons. The monoisotopic (exact) mass is 413 g/mol. The van der Waals surface area contributed by atoms with Crippen LogP contribution in [0.5, 0.6) is 23.0 Å². The molecule has 0 bridgehead atoms. The summed E-state index contributed by atoms with van der Waals surface area (Å²) >= 11 is 12.4. The Labute approximate surface area is 168 Å². The van der Waals surface area contributed by atoms with Gasteiger partial charge in [-0.15, -0.1) is 0 Å². The van der Waals surface area contributed by atoms with E-state index in [1.807, 2.05) is 6.92 Å². The standard InChI is InChI=1S/C19H21Cl2NO5/c1-5-6-27-18-13(21)7-11(8-17(18)26-4)19(23)22-14-9-12(20)15(24-2)10-16(14)25-3/h7-10H,5-6H2,1-4H3,(H,22,23). The molecular weight excluding hydrogens is 393 g/mol. The summed E-state index contributed by atoms with van der Waals surface area (Å²) in [6.07, 6.45) is 0.819. The SMILES string of the molecule is CCCOc1c(Cl)cc(C(=O)Nc2cc(Cl)c(OC)cc2OC)cc1OC. The Balaban J connectivity index is 2.33. The van der Waals surface area contributed by atoms with Crippen molar-refractivity contribution < 1.29 is 23.7 Å². The summed E-state index contributed by atoms with van der Waals surface area (Å²) in [7, 11) is 4.46. The van der Waals surface area contributed by atoms with Crippen molar-refractivity contribution >= 4 is 34.8 Å². The molecule has 0 heterocycles. The van der Waals surface area contributed by atoms with Crippen molar-refractivity contribution in [2.45, 2.75) is 13.3 Å². The highest BCUT2D eigenvalue weighted by Gasteiger charge is 2.18. The maximum Gasteiger partial charge on any atom is 0.255 e. The van der Waals surface area contributed by atoms with E-state index in [2.05, 4.69) is 5.32 Å². The van der Waals surface area contributed by atoms with E-state index in [0.717, 1.165) is 6.42 Å². The van der Waals surface area contributed by atoms with E-state index in [-0.39, 0.29) is 5.02 Å². The lowest BCUT2D eigenvalue weighted by Gasteiger charge is -2.15. The average Bonchev–Trinajstić information content (AvgIpc) is 2.66. The number of halogens is 2. The van der Waals surface area contributed by atoms with Gasteiger partial charge < -0.3 is 24.3 Å². The van der Waals surface area contributed by atoms with Crippen molar-refractivity contribution in [3.63, 3.8) is 0 Å². The fourth-order valence-corrected chi connectivity index (χ4v) is 2.85. The van der Waals surface area contributed by atoms with E-state index in [1.165, 1.54) is 27.4 Å². The van der Waals surface area contributed by atoms with Crippen LogP contribution in [-0.4, -0.2) is 33.8 Å². The molecule has 1 amide bonds. The zero-order valence-corrected chi connectivity index (χ0v) is 17.0. The Morgan fingerprint density at radius 3 is 2.19 bits per heavy atom.